The number of urea groups is 1. The molecule has 4 rings (SSSR count). The summed E-state index contributed by atoms with van der Waals surface area (Å²) >= 11 is 5.27. The number of halogens is 4. The first-order valence-corrected chi connectivity index (χ1v) is 11.7. The van der Waals surface area contributed by atoms with Crippen LogP contribution in [0.25, 0.3) is 11.3 Å². The first-order chi connectivity index (χ1) is 15.8. The molecule has 0 atom stereocenters. The molecule has 3 N–H and O–H groups in total. The smallest absolute Gasteiger partial charge is 0.341 e. The van der Waals surface area contributed by atoms with Crippen molar-refractivity contribution in [2.75, 3.05) is 5.32 Å². The molecule has 0 radical (unpaired) electrons. The second kappa shape index (κ2) is 9.93. The first-order valence-electron chi connectivity index (χ1n) is 9.28. The molecule has 0 unspecified atom stereocenters. The highest BCUT2D eigenvalue weighted by Crippen LogP contribution is 2.40. The molecule has 0 saturated carbocycles. The van der Waals surface area contributed by atoms with Gasteiger partial charge >= 0.3 is 12.2 Å². The van der Waals surface area contributed by atoms with E-state index < -0.39 is 17.8 Å². The van der Waals surface area contributed by atoms with Gasteiger partial charge in [0.05, 0.1) is 34.4 Å². The van der Waals surface area contributed by atoms with Crippen molar-refractivity contribution >= 4 is 50.2 Å². The Hall–Kier alpha value is -2.90. The van der Waals surface area contributed by atoms with Crippen molar-refractivity contribution in [3.63, 3.8) is 0 Å². The summed E-state index contributed by atoms with van der Waals surface area (Å²) < 4.78 is 40.8. The number of thiazole rings is 1. The number of H-pyrrole nitrogens is 1. The van der Waals surface area contributed by atoms with Gasteiger partial charge in [0.25, 0.3) is 0 Å². The Kier molecular flexibility index (Phi) is 7.00. The van der Waals surface area contributed by atoms with E-state index in [2.05, 4.69) is 46.5 Å². The number of alkyl halides is 3. The highest BCUT2D eigenvalue weighted by Gasteiger charge is 2.34. The van der Waals surface area contributed by atoms with E-state index >= 15 is 0 Å². The normalized spacial score (nSPS) is 11.4. The Labute approximate surface area is 202 Å². The molecule has 0 aliphatic heterocycles. The maximum absolute atomic E-state index is 13.1. The molecule has 3 aromatic heterocycles. The van der Waals surface area contributed by atoms with E-state index in [1.165, 1.54) is 18.5 Å². The summed E-state index contributed by atoms with van der Waals surface area (Å²) in [5, 5.41) is 5.29. The summed E-state index contributed by atoms with van der Waals surface area (Å²) in [6.07, 6.45) is -0.153. The van der Waals surface area contributed by atoms with Crippen molar-refractivity contribution in [3.8, 4) is 11.3 Å². The van der Waals surface area contributed by atoms with E-state index in [-0.39, 0.29) is 16.7 Å². The third-order valence-electron chi connectivity index (χ3n) is 4.18. The number of imidazole rings is 1. The van der Waals surface area contributed by atoms with Crippen LogP contribution in [0, 0.1) is 0 Å². The van der Waals surface area contributed by atoms with E-state index in [1.807, 2.05) is 24.3 Å². The maximum Gasteiger partial charge on any atom is 0.419 e. The van der Waals surface area contributed by atoms with Crippen LogP contribution in [0.2, 0.25) is 0 Å². The Morgan fingerprint density at radius 2 is 1.91 bits per heavy atom. The molecular formula is C20H14BrF3N6OS2. The fourth-order valence-electron chi connectivity index (χ4n) is 2.68. The minimum absolute atomic E-state index is 0.151. The minimum Gasteiger partial charge on any atom is -0.341 e. The Morgan fingerprint density at radius 3 is 2.67 bits per heavy atom. The van der Waals surface area contributed by atoms with Gasteiger partial charge in [-0.05, 0) is 29.8 Å². The van der Waals surface area contributed by atoms with E-state index in [0.717, 1.165) is 44.9 Å². The molecule has 2 amide bonds. The molecule has 1 aromatic carbocycles. The van der Waals surface area contributed by atoms with Gasteiger partial charge in [-0.3, -0.25) is 5.32 Å². The number of amides is 2. The largest absolute Gasteiger partial charge is 0.419 e. The van der Waals surface area contributed by atoms with E-state index in [9.17, 15) is 18.0 Å². The molecule has 7 nitrogen and oxygen atoms in total. The quantitative estimate of drug-likeness (QED) is 0.264. The van der Waals surface area contributed by atoms with Gasteiger partial charge in [0, 0.05) is 10.7 Å². The molecule has 0 bridgehead atoms. The number of benzene rings is 1. The first kappa shape index (κ1) is 23.3. The van der Waals surface area contributed by atoms with Crippen LogP contribution in [0.3, 0.4) is 0 Å². The van der Waals surface area contributed by atoms with Crippen LogP contribution < -0.4 is 10.6 Å². The number of hydrogen-bond donors (Lipinski definition) is 3. The summed E-state index contributed by atoms with van der Waals surface area (Å²) in [7, 11) is 0. The summed E-state index contributed by atoms with van der Waals surface area (Å²) in [6.45, 7) is 0.151. The summed E-state index contributed by atoms with van der Waals surface area (Å²) in [5.74, 6) is 0.563. The van der Waals surface area contributed by atoms with Gasteiger partial charge in [0.1, 0.15) is 10.9 Å². The van der Waals surface area contributed by atoms with Crippen LogP contribution in [0.15, 0.2) is 68.7 Å². The van der Waals surface area contributed by atoms with Crippen LogP contribution in [-0.2, 0) is 12.7 Å². The molecule has 0 saturated heterocycles. The van der Waals surface area contributed by atoms with Crippen molar-refractivity contribution in [1.82, 2.24) is 25.3 Å². The Morgan fingerprint density at radius 1 is 1.12 bits per heavy atom. The van der Waals surface area contributed by atoms with Crippen molar-refractivity contribution in [3.05, 3.63) is 70.8 Å². The number of nitrogens with zero attached hydrogens (tertiary/aromatic N) is 3. The molecule has 0 aliphatic carbocycles. The predicted octanol–water partition coefficient (Wildman–Crippen LogP) is 6.18. The van der Waals surface area contributed by atoms with Crippen molar-refractivity contribution in [2.45, 2.75) is 22.0 Å². The van der Waals surface area contributed by atoms with Crippen molar-refractivity contribution < 1.29 is 18.0 Å². The van der Waals surface area contributed by atoms with Gasteiger partial charge < -0.3 is 10.3 Å². The zero-order valence-corrected chi connectivity index (χ0v) is 19.7. The van der Waals surface area contributed by atoms with Crippen LogP contribution in [0.1, 0.15) is 11.4 Å². The summed E-state index contributed by atoms with van der Waals surface area (Å²) in [6, 6.07) is 9.39. The molecule has 3 heterocycles. The van der Waals surface area contributed by atoms with E-state index in [0.29, 0.717) is 10.0 Å². The number of aromatic amines is 1. The molecule has 170 valence electrons. The van der Waals surface area contributed by atoms with E-state index in [1.54, 1.807) is 6.20 Å². The average molecular weight is 555 g/mol. The van der Waals surface area contributed by atoms with Gasteiger partial charge in [-0.2, -0.15) is 13.2 Å². The highest BCUT2D eigenvalue weighted by molar-refractivity contribution is 9.10. The Bertz CT molecular complexity index is 1260. The monoisotopic (exact) mass is 554 g/mol. The van der Waals surface area contributed by atoms with Gasteiger partial charge in [-0.25, -0.2) is 19.7 Å². The third-order valence-corrected chi connectivity index (χ3v) is 6.74. The molecular weight excluding hydrogens is 541 g/mol. The average Bonchev–Trinajstić information content (AvgIpc) is 3.42. The topological polar surface area (TPSA) is 95.6 Å². The van der Waals surface area contributed by atoms with Crippen LogP contribution >= 0.6 is 39.0 Å². The summed E-state index contributed by atoms with van der Waals surface area (Å²) in [5.41, 5.74) is 0.946. The number of pyridine rings is 1. The van der Waals surface area contributed by atoms with Gasteiger partial charge in [-0.15, -0.1) is 0 Å². The molecule has 4 aromatic rings. The summed E-state index contributed by atoms with van der Waals surface area (Å²) in [4.78, 5) is 27.4. The van der Waals surface area contributed by atoms with E-state index in [4.69, 9.17) is 0 Å². The second-order valence-corrected chi connectivity index (χ2v) is 9.73. The molecule has 13 heteroatoms. The zero-order chi connectivity index (χ0) is 23.4. The van der Waals surface area contributed by atoms with Crippen LogP contribution in [0.4, 0.5) is 23.1 Å². The zero-order valence-electron chi connectivity index (χ0n) is 16.5. The number of anilines is 1. The lowest BCUT2D eigenvalue weighted by Crippen LogP contribution is -2.28. The third kappa shape index (κ3) is 6.12. The lowest BCUT2D eigenvalue weighted by molar-refractivity contribution is -0.140. The molecule has 33 heavy (non-hydrogen) atoms. The number of carbonyl (C=O) groups is 1. The van der Waals surface area contributed by atoms with Crippen molar-refractivity contribution in [1.29, 1.82) is 0 Å². The molecule has 0 spiro atoms. The SMILES string of the molecule is O=C(NCc1ncc(-c2ccc(Br)cc2)[nH]1)Nc1ncc(Sc2ncccc2C(F)(F)F)s1. The minimum atomic E-state index is -4.51. The number of carbonyl (C=O) groups excluding carboxylic acids is 1. The lowest BCUT2D eigenvalue weighted by atomic mass is 10.2. The Balaban J connectivity index is 1.32. The lowest BCUT2D eigenvalue weighted by Gasteiger charge is -2.09. The van der Waals surface area contributed by atoms with Crippen molar-refractivity contribution in [2.24, 2.45) is 0 Å². The molecule has 0 fully saturated rings. The van der Waals surface area contributed by atoms with Gasteiger partial charge in [0.2, 0.25) is 0 Å². The fourth-order valence-corrected chi connectivity index (χ4v) is 4.83. The fraction of sp³-hybridized carbons (Fsp3) is 0.100. The highest BCUT2D eigenvalue weighted by atomic mass is 79.9. The second-order valence-electron chi connectivity index (χ2n) is 6.50. The number of nitrogens with one attached hydrogen (secondary N) is 3. The number of hydrogen-bond acceptors (Lipinski definition) is 6. The van der Waals surface area contributed by atoms with Crippen LogP contribution in [-0.4, -0.2) is 26.0 Å². The predicted molar refractivity (Wildman–Crippen MR) is 123 cm³/mol. The van der Waals surface area contributed by atoms with Gasteiger partial charge in [-0.1, -0.05) is 51.2 Å². The number of rotatable bonds is 6. The number of aromatic nitrogens is 4. The van der Waals surface area contributed by atoms with Gasteiger partial charge in [0.15, 0.2) is 5.13 Å². The van der Waals surface area contributed by atoms with Crippen LogP contribution in [0.5, 0.6) is 0 Å². The maximum atomic E-state index is 13.1. The standard InChI is InChI=1S/C20H14BrF3N6OS2/c21-12-5-3-11(4-6-12)14-8-26-15(29-14)9-27-18(31)30-19-28-10-16(33-19)32-17-13(20(22,23)24)2-1-7-25-17/h1-8,10H,9H2,(H,26,29)(H2,27,28,30,31). The molecule has 0 aliphatic rings.